The zero-order valence-electron chi connectivity index (χ0n) is 16.9. The molecule has 152 valence electrons. The number of amides is 1. The van der Waals surface area contributed by atoms with Crippen molar-refractivity contribution in [2.45, 2.75) is 13.3 Å². The molecule has 6 heteroatoms. The van der Waals surface area contributed by atoms with Gasteiger partial charge in [-0.15, -0.1) is 0 Å². The molecular formula is C24H24N4O2. The van der Waals surface area contributed by atoms with E-state index in [1.54, 1.807) is 6.20 Å². The first-order valence-electron chi connectivity index (χ1n) is 10.2. The van der Waals surface area contributed by atoms with E-state index in [4.69, 9.17) is 16.2 Å². The lowest BCUT2D eigenvalue weighted by molar-refractivity contribution is 0.0995. The van der Waals surface area contributed by atoms with E-state index in [2.05, 4.69) is 34.1 Å². The van der Waals surface area contributed by atoms with Crippen LogP contribution in [-0.4, -0.2) is 37.2 Å². The van der Waals surface area contributed by atoms with E-state index < -0.39 is 5.91 Å². The van der Waals surface area contributed by atoms with E-state index in [1.807, 2.05) is 19.1 Å². The maximum absolute atomic E-state index is 12.1. The summed E-state index contributed by atoms with van der Waals surface area (Å²) in [5.41, 5.74) is 21.4. The predicted molar refractivity (Wildman–Crippen MR) is 119 cm³/mol. The third kappa shape index (κ3) is 2.92. The van der Waals surface area contributed by atoms with Crippen molar-refractivity contribution < 1.29 is 9.53 Å². The minimum absolute atomic E-state index is 0.347. The Morgan fingerprint density at radius 2 is 1.90 bits per heavy atom. The maximum Gasteiger partial charge on any atom is 0.267 e. The fraction of sp³-hybridized carbons (Fsp3) is 0.250. The number of fused-ring (bicyclic) bond motifs is 3. The van der Waals surface area contributed by atoms with Crippen molar-refractivity contribution in [3.05, 3.63) is 65.0 Å². The number of primary amides is 1. The number of rotatable bonds is 3. The molecule has 4 N–H and O–H groups in total. The first kappa shape index (κ1) is 18.6. The highest BCUT2D eigenvalue weighted by molar-refractivity contribution is 6.00. The van der Waals surface area contributed by atoms with Crippen LogP contribution in [0.5, 0.6) is 0 Å². The molecule has 1 aliphatic carbocycles. The summed E-state index contributed by atoms with van der Waals surface area (Å²) >= 11 is 0. The minimum atomic E-state index is -0.497. The van der Waals surface area contributed by atoms with Crippen molar-refractivity contribution in [2.24, 2.45) is 5.73 Å². The Bertz CT molecular complexity index is 1170. The lowest BCUT2D eigenvalue weighted by Crippen LogP contribution is -2.36. The van der Waals surface area contributed by atoms with Crippen molar-refractivity contribution in [3.63, 3.8) is 0 Å². The Morgan fingerprint density at radius 3 is 2.67 bits per heavy atom. The van der Waals surface area contributed by atoms with Gasteiger partial charge in [0.2, 0.25) is 0 Å². The molecule has 0 spiro atoms. The van der Waals surface area contributed by atoms with Gasteiger partial charge in [-0.05, 0) is 58.5 Å². The van der Waals surface area contributed by atoms with Crippen molar-refractivity contribution in [3.8, 4) is 22.3 Å². The Balaban J connectivity index is 1.73. The second-order valence-electron chi connectivity index (χ2n) is 7.88. The molecule has 5 rings (SSSR count). The van der Waals surface area contributed by atoms with Gasteiger partial charge in [0.25, 0.3) is 5.91 Å². The van der Waals surface area contributed by atoms with E-state index >= 15 is 0 Å². The van der Waals surface area contributed by atoms with Gasteiger partial charge in [0.05, 0.1) is 13.2 Å². The van der Waals surface area contributed by atoms with E-state index in [9.17, 15) is 4.79 Å². The topological polar surface area (TPSA) is 94.5 Å². The summed E-state index contributed by atoms with van der Waals surface area (Å²) in [5, 5.41) is 0. The molecule has 0 bridgehead atoms. The molecule has 1 aromatic heterocycles. The quantitative estimate of drug-likeness (QED) is 0.515. The van der Waals surface area contributed by atoms with Crippen molar-refractivity contribution in [1.29, 1.82) is 0 Å². The fourth-order valence-corrected chi connectivity index (χ4v) is 4.55. The van der Waals surface area contributed by atoms with Crippen molar-refractivity contribution >= 4 is 17.3 Å². The molecule has 0 saturated carbocycles. The summed E-state index contributed by atoms with van der Waals surface area (Å²) in [6, 6.07) is 12.4. The zero-order chi connectivity index (χ0) is 20.8. The molecule has 30 heavy (non-hydrogen) atoms. The molecule has 1 aliphatic heterocycles. The van der Waals surface area contributed by atoms with Gasteiger partial charge in [-0.1, -0.05) is 18.2 Å². The SMILES string of the molecule is Cc1c(N)cccc1-c1cnc(C(N)=O)c2c1-c1cc(N3CCOCC3)ccc1C2. The molecule has 6 nitrogen and oxygen atoms in total. The average molecular weight is 400 g/mol. The van der Waals surface area contributed by atoms with Crippen LogP contribution in [0, 0.1) is 6.92 Å². The Morgan fingerprint density at radius 1 is 1.10 bits per heavy atom. The largest absolute Gasteiger partial charge is 0.398 e. The van der Waals surface area contributed by atoms with Gasteiger partial charge in [-0.25, -0.2) is 0 Å². The number of carbonyl (C=O) groups is 1. The summed E-state index contributed by atoms with van der Waals surface area (Å²) < 4.78 is 5.50. The number of hydrogen-bond acceptors (Lipinski definition) is 5. The van der Waals surface area contributed by atoms with Crippen LogP contribution in [-0.2, 0) is 11.2 Å². The van der Waals surface area contributed by atoms with E-state index in [0.29, 0.717) is 12.1 Å². The van der Waals surface area contributed by atoms with E-state index in [-0.39, 0.29) is 0 Å². The summed E-state index contributed by atoms with van der Waals surface area (Å²) in [4.78, 5) is 18.9. The Hall–Kier alpha value is -3.38. The van der Waals surface area contributed by atoms with Crippen LogP contribution < -0.4 is 16.4 Å². The van der Waals surface area contributed by atoms with Crippen LogP contribution >= 0.6 is 0 Å². The van der Waals surface area contributed by atoms with Gasteiger partial charge in [-0.2, -0.15) is 0 Å². The van der Waals surface area contributed by atoms with Crippen LogP contribution in [0.2, 0.25) is 0 Å². The number of benzene rings is 2. The zero-order valence-corrected chi connectivity index (χ0v) is 16.9. The smallest absolute Gasteiger partial charge is 0.267 e. The van der Waals surface area contributed by atoms with E-state index in [1.165, 1.54) is 5.56 Å². The van der Waals surface area contributed by atoms with Gasteiger partial charge >= 0.3 is 0 Å². The minimum Gasteiger partial charge on any atom is -0.398 e. The number of ether oxygens (including phenoxy) is 1. The molecule has 1 saturated heterocycles. The van der Waals surface area contributed by atoms with Crippen LogP contribution in [0.4, 0.5) is 11.4 Å². The third-order valence-corrected chi connectivity index (χ3v) is 6.19. The third-order valence-electron chi connectivity index (χ3n) is 6.19. The highest BCUT2D eigenvalue weighted by Gasteiger charge is 2.29. The molecule has 0 radical (unpaired) electrons. The van der Waals surface area contributed by atoms with Crippen molar-refractivity contribution in [1.82, 2.24) is 4.98 Å². The number of anilines is 2. The number of nitrogen functional groups attached to an aromatic ring is 1. The highest BCUT2D eigenvalue weighted by Crippen LogP contribution is 2.46. The van der Waals surface area contributed by atoms with Gasteiger partial charge in [0.15, 0.2) is 0 Å². The standard InChI is InChI=1S/C24H24N4O2/c1-14-17(3-2-4-21(14)25)20-13-27-23(24(26)29)19-11-15-5-6-16(12-18(15)22(19)20)28-7-9-30-10-8-28/h2-6,12-13H,7-11,25H2,1H3,(H2,26,29). The molecule has 2 heterocycles. The predicted octanol–water partition coefficient (Wildman–Crippen LogP) is 3.15. The van der Waals surface area contributed by atoms with Gasteiger partial charge in [0, 0.05) is 42.6 Å². The number of carbonyl (C=O) groups excluding carboxylic acids is 1. The molecule has 0 atom stereocenters. The number of nitrogens with two attached hydrogens (primary N) is 2. The molecule has 1 fully saturated rings. The van der Waals surface area contributed by atoms with Gasteiger partial charge in [0.1, 0.15) is 5.69 Å². The first-order chi connectivity index (χ1) is 14.5. The number of nitrogens with zero attached hydrogens (tertiary/aromatic N) is 2. The number of aromatic nitrogens is 1. The van der Waals surface area contributed by atoms with Gasteiger partial charge in [-0.3, -0.25) is 9.78 Å². The summed E-state index contributed by atoms with van der Waals surface area (Å²) in [5.74, 6) is -0.497. The highest BCUT2D eigenvalue weighted by atomic mass is 16.5. The second-order valence-corrected chi connectivity index (χ2v) is 7.88. The van der Waals surface area contributed by atoms with Gasteiger partial charge < -0.3 is 21.1 Å². The summed E-state index contributed by atoms with van der Waals surface area (Å²) in [6.07, 6.45) is 2.41. The maximum atomic E-state index is 12.1. The summed E-state index contributed by atoms with van der Waals surface area (Å²) in [6.45, 7) is 5.22. The normalized spacial score (nSPS) is 15.0. The van der Waals surface area contributed by atoms with Crippen LogP contribution in [0.25, 0.3) is 22.3 Å². The Labute approximate surface area is 175 Å². The average Bonchev–Trinajstić information content (AvgIpc) is 3.14. The molecule has 2 aromatic carbocycles. The number of hydrogen-bond donors (Lipinski definition) is 2. The van der Waals surface area contributed by atoms with Crippen LogP contribution in [0.3, 0.4) is 0 Å². The lowest BCUT2D eigenvalue weighted by Gasteiger charge is -2.29. The molecular weight excluding hydrogens is 376 g/mol. The monoisotopic (exact) mass is 400 g/mol. The lowest BCUT2D eigenvalue weighted by atomic mass is 9.92. The molecule has 1 amide bonds. The second kappa shape index (κ2) is 7.15. The van der Waals surface area contributed by atoms with E-state index in [0.717, 1.165) is 71.1 Å². The fourth-order valence-electron chi connectivity index (χ4n) is 4.55. The van der Waals surface area contributed by atoms with Crippen LogP contribution in [0.15, 0.2) is 42.6 Å². The summed E-state index contributed by atoms with van der Waals surface area (Å²) in [7, 11) is 0. The van der Waals surface area contributed by atoms with Crippen molar-refractivity contribution in [2.75, 3.05) is 36.9 Å². The number of morpholine rings is 1. The first-order valence-corrected chi connectivity index (χ1v) is 10.2. The molecule has 3 aromatic rings. The molecule has 0 unspecified atom stereocenters. The van der Waals surface area contributed by atoms with Crippen LogP contribution in [0.1, 0.15) is 27.2 Å². The number of pyridine rings is 1. The molecule has 2 aliphatic rings. The Kier molecular flexibility index (Phi) is 4.44.